The van der Waals surface area contributed by atoms with Crippen molar-refractivity contribution in [3.05, 3.63) is 71.8 Å². The summed E-state index contributed by atoms with van der Waals surface area (Å²) in [6, 6.07) is 12.7. The van der Waals surface area contributed by atoms with Crippen molar-refractivity contribution < 1.29 is 19.1 Å². The third-order valence-corrected chi connectivity index (χ3v) is 5.05. The average Bonchev–Trinajstić information content (AvgIpc) is 3.38. The van der Waals surface area contributed by atoms with Crippen LogP contribution in [-0.2, 0) is 4.79 Å². The quantitative estimate of drug-likeness (QED) is 0.725. The van der Waals surface area contributed by atoms with E-state index in [1.54, 1.807) is 36.4 Å². The number of carboxylic acids is 1. The molecule has 1 amide bonds. The number of carbonyl (C=O) groups excluding carboxylic acids is 1. The molecule has 1 aliphatic heterocycles. The Bertz CT molecular complexity index is 1000. The third kappa shape index (κ3) is 3.24. The van der Waals surface area contributed by atoms with Crippen LogP contribution in [0.3, 0.4) is 0 Å². The van der Waals surface area contributed by atoms with Crippen LogP contribution in [0.2, 0.25) is 0 Å². The van der Waals surface area contributed by atoms with Gasteiger partial charge in [0, 0.05) is 24.6 Å². The number of carbonyl (C=O) groups is 2. The summed E-state index contributed by atoms with van der Waals surface area (Å²) in [7, 11) is 0. The van der Waals surface area contributed by atoms with Gasteiger partial charge in [0.25, 0.3) is 5.91 Å². The number of halogens is 1. The molecule has 2 atom stereocenters. The third-order valence-electron chi connectivity index (χ3n) is 5.05. The Hall–Kier alpha value is -3.55. The van der Waals surface area contributed by atoms with Gasteiger partial charge in [-0.15, -0.1) is 0 Å². The van der Waals surface area contributed by atoms with Crippen LogP contribution in [-0.4, -0.2) is 50.2 Å². The molecule has 0 bridgehead atoms. The molecule has 1 aromatic heterocycles. The molecule has 142 valence electrons. The summed E-state index contributed by atoms with van der Waals surface area (Å²) in [6.45, 7) is 0.327. The summed E-state index contributed by atoms with van der Waals surface area (Å²) in [5, 5.41) is 16.2. The first-order valence-corrected chi connectivity index (χ1v) is 8.77. The first-order valence-electron chi connectivity index (χ1n) is 8.77. The number of aliphatic carboxylic acids is 1. The number of hydrogen-bond donors (Lipinski definition) is 2. The smallest absolute Gasteiger partial charge is 0.308 e. The van der Waals surface area contributed by atoms with E-state index in [1.807, 2.05) is 0 Å². The van der Waals surface area contributed by atoms with Crippen LogP contribution < -0.4 is 0 Å². The normalized spacial score (nSPS) is 19.0. The van der Waals surface area contributed by atoms with E-state index < -0.39 is 17.8 Å². The second-order valence-corrected chi connectivity index (χ2v) is 6.69. The van der Waals surface area contributed by atoms with E-state index in [4.69, 9.17) is 0 Å². The van der Waals surface area contributed by atoms with Crippen molar-refractivity contribution in [1.82, 2.24) is 20.1 Å². The van der Waals surface area contributed by atoms with Gasteiger partial charge in [0.05, 0.1) is 11.5 Å². The molecule has 8 heteroatoms. The summed E-state index contributed by atoms with van der Waals surface area (Å²) in [5.74, 6) is -2.34. The molecule has 0 aliphatic carbocycles. The van der Waals surface area contributed by atoms with Crippen LogP contribution in [0.25, 0.3) is 11.4 Å². The number of H-pyrrole nitrogens is 1. The van der Waals surface area contributed by atoms with E-state index in [1.165, 1.54) is 23.4 Å². The van der Waals surface area contributed by atoms with Gasteiger partial charge < -0.3 is 10.0 Å². The monoisotopic (exact) mass is 380 g/mol. The zero-order chi connectivity index (χ0) is 19.7. The van der Waals surface area contributed by atoms with Crippen molar-refractivity contribution in [2.45, 2.75) is 5.92 Å². The number of nitrogens with zero attached hydrogens (tertiary/aromatic N) is 3. The highest BCUT2D eigenvalue weighted by atomic mass is 19.1. The minimum Gasteiger partial charge on any atom is -0.481 e. The van der Waals surface area contributed by atoms with Crippen LogP contribution in [0.15, 0.2) is 54.9 Å². The number of benzene rings is 2. The van der Waals surface area contributed by atoms with E-state index in [2.05, 4.69) is 15.2 Å². The molecule has 1 fully saturated rings. The molecule has 2 aromatic carbocycles. The lowest BCUT2D eigenvalue weighted by Crippen LogP contribution is -2.30. The fraction of sp³-hybridized carbons (Fsp3) is 0.200. The van der Waals surface area contributed by atoms with Crippen LogP contribution in [0.5, 0.6) is 0 Å². The maximum absolute atomic E-state index is 13.2. The standard InChI is InChI=1S/C20H17FN4O3/c21-13-7-5-12(6-8-13)16-9-25(10-17(16)20(27)28)19(26)15-4-2-1-3-14(15)18-22-11-23-24-18/h1-8,11,16-17H,9-10H2,(H,27,28)(H,22,23,24)/t16-,17+/m0/s1. The van der Waals surface area contributed by atoms with Gasteiger partial charge in [-0.3, -0.25) is 14.7 Å². The number of rotatable bonds is 4. The van der Waals surface area contributed by atoms with Crippen LogP contribution >= 0.6 is 0 Å². The van der Waals surface area contributed by atoms with Gasteiger partial charge in [-0.1, -0.05) is 30.3 Å². The van der Waals surface area contributed by atoms with Crippen LogP contribution in [0.4, 0.5) is 4.39 Å². The highest BCUT2D eigenvalue weighted by Gasteiger charge is 2.41. The Kier molecular flexibility index (Phi) is 4.60. The minimum absolute atomic E-state index is 0.0843. The molecule has 0 spiro atoms. The molecule has 0 unspecified atom stereocenters. The zero-order valence-electron chi connectivity index (χ0n) is 14.7. The highest BCUT2D eigenvalue weighted by Crippen LogP contribution is 2.34. The molecule has 7 nitrogen and oxygen atoms in total. The van der Waals surface area contributed by atoms with Gasteiger partial charge in [0.15, 0.2) is 5.82 Å². The molecule has 1 saturated heterocycles. The second-order valence-electron chi connectivity index (χ2n) is 6.69. The lowest BCUT2D eigenvalue weighted by atomic mass is 9.89. The van der Waals surface area contributed by atoms with Gasteiger partial charge in [0.2, 0.25) is 0 Å². The predicted molar refractivity (Wildman–Crippen MR) is 98.0 cm³/mol. The Labute approximate surface area is 159 Å². The topological polar surface area (TPSA) is 99.2 Å². The van der Waals surface area contributed by atoms with Gasteiger partial charge >= 0.3 is 5.97 Å². The predicted octanol–water partition coefficient (Wildman–Crippen LogP) is 2.55. The summed E-state index contributed by atoms with van der Waals surface area (Å²) in [4.78, 5) is 30.6. The molecular weight excluding hydrogens is 363 g/mol. The number of carboxylic acid groups (broad SMARTS) is 1. The molecule has 0 radical (unpaired) electrons. The van der Waals surface area contributed by atoms with Crippen molar-refractivity contribution in [2.24, 2.45) is 5.92 Å². The van der Waals surface area contributed by atoms with E-state index in [-0.39, 0.29) is 24.8 Å². The number of aromatic amines is 1. The zero-order valence-corrected chi connectivity index (χ0v) is 14.7. The number of likely N-dealkylation sites (tertiary alicyclic amines) is 1. The molecule has 3 aromatic rings. The fourth-order valence-electron chi connectivity index (χ4n) is 3.65. The molecule has 0 saturated carbocycles. The molecule has 1 aliphatic rings. The van der Waals surface area contributed by atoms with Crippen LogP contribution in [0.1, 0.15) is 21.8 Å². The summed E-state index contributed by atoms with van der Waals surface area (Å²) >= 11 is 0. The molecule has 28 heavy (non-hydrogen) atoms. The van der Waals surface area contributed by atoms with Crippen molar-refractivity contribution in [2.75, 3.05) is 13.1 Å². The lowest BCUT2D eigenvalue weighted by Gasteiger charge is -2.18. The summed E-state index contributed by atoms with van der Waals surface area (Å²) in [6.07, 6.45) is 1.36. The van der Waals surface area contributed by atoms with E-state index in [9.17, 15) is 19.1 Å². The van der Waals surface area contributed by atoms with Crippen molar-refractivity contribution in [1.29, 1.82) is 0 Å². The Morgan fingerprint density at radius 2 is 1.86 bits per heavy atom. The first-order chi connectivity index (χ1) is 13.5. The summed E-state index contributed by atoms with van der Waals surface area (Å²) in [5.41, 5.74) is 1.72. The highest BCUT2D eigenvalue weighted by molar-refractivity contribution is 6.00. The van der Waals surface area contributed by atoms with Gasteiger partial charge in [-0.2, -0.15) is 5.10 Å². The van der Waals surface area contributed by atoms with E-state index >= 15 is 0 Å². The van der Waals surface area contributed by atoms with E-state index in [0.717, 1.165) is 0 Å². The minimum atomic E-state index is -0.979. The first kappa shape index (κ1) is 17.8. The lowest BCUT2D eigenvalue weighted by molar-refractivity contribution is -0.141. The van der Waals surface area contributed by atoms with Gasteiger partial charge in [-0.05, 0) is 23.8 Å². The maximum Gasteiger partial charge on any atom is 0.308 e. The number of aromatic nitrogens is 3. The van der Waals surface area contributed by atoms with Gasteiger partial charge in [-0.25, -0.2) is 9.37 Å². The molecule has 2 heterocycles. The van der Waals surface area contributed by atoms with Crippen LogP contribution in [0, 0.1) is 11.7 Å². The Balaban J connectivity index is 1.64. The number of nitrogens with one attached hydrogen (secondary N) is 1. The Morgan fingerprint density at radius 3 is 2.54 bits per heavy atom. The SMILES string of the molecule is O=C(O)[C@@H]1CN(C(=O)c2ccccc2-c2ncn[nH]2)C[C@H]1c1ccc(F)cc1. The van der Waals surface area contributed by atoms with Crippen molar-refractivity contribution >= 4 is 11.9 Å². The van der Waals surface area contributed by atoms with Gasteiger partial charge in [0.1, 0.15) is 12.1 Å². The fourth-order valence-corrected chi connectivity index (χ4v) is 3.65. The molecule has 4 rings (SSSR count). The van der Waals surface area contributed by atoms with Crippen molar-refractivity contribution in [3.8, 4) is 11.4 Å². The largest absolute Gasteiger partial charge is 0.481 e. The Morgan fingerprint density at radius 1 is 1.11 bits per heavy atom. The maximum atomic E-state index is 13.2. The summed E-state index contributed by atoms with van der Waals surface area (Å²) < 4.78 is 13.2. The van der Waals surface area contributed by atoms with Crippen molar-refractivity contribution in [3.63, 3.8) is 0 Å². The number of amides is 1. The average molecular weight is 380 g/mol. The van der Waals surface area contributed by atoms with E-state index in [0.29, 0.717) is 22.5 Å². The molecular formula is C20H17FN4O3. The molecule has 2 N–H and O–H groups in total. The second kappa shape index (κ2) is 7.22. The number of hydrogen-bond acceptors (Lipinski definition) is 4.